The zero-order chi connectivity index (χ0) is 15.6. The first-order chi connectivity index (χ1) is 10.5. The molecule has 0 bridgehead atoms. The Kier molecular flexibility index (Phi) is 4.60. The van der Waals surface area contributed by atoms with Gasteiger partial charge in [-0.2, -0.15) is 11.3 Å². The van der Waals surface area contributed by atoms with Crippen molar-refractivity contribution in [3.8, 4) is 0 Å². The van der Waals surface area contributed by atoms with Gasteiger partial charge in [0, 0.05) is 18.0 Å². The summed E-state index contributed by atoms with van der Waals surface area (Å²) in [7, 11) is -3.05. The SMILES string of the molecule is O=C(N[C@H](Cc1ccsc1)c1nccs1)[C@H]1CCS(=O)(=O)C1. The highest BCUT2D eigenvalue weighted by molar-refractivity contribution is 7.91. The van der Waals surface area contributed by atoms with E-state index in [2.05, 4.69) is 10.3 Å². The summed E-state index contributed by atoms with van der Waals surface area (Å²) in [6.07, 6.45) is 2.80. The third-order valence-corrected chi connectivity index (χ3v) is 7.08. The maximum atomic E-state index is 12.4. The van der Waals surface area contributed by atoms with Gasteiger partial charge in [0.2, 0.25) is 5.91 Å². The lowest BCUT2D eigenvalue weighted by Gasteiger charge is -2.18. The molecule has 3 rings (SSSR count). The van der Waals surface area contributed by atoms with Gasteiger partial charge in [0.15, 0.2) is 9.84 Å². The molecule has 0 unspecified atom stereocenters. The molecular formula is C14H16N2O3S3. The second-order valence-electron chi connectivity index (χ2n) is 5.37. The molecule has 8 heteroatoms. The summed E-state index contributed by atoms with van der Waals surface area (Å²) >= 11 is 3.11. The topological polar surface area (TPSA) is 76.1 Å². The Bertz CT molecular complexity index is 723. The van der Waals surface area contributed by atoms with Gasteiger partial charge in [0.05, 0.1) is 23.5 Å². The minimum absolute atomic E-state index is 0.0398. The predicted octanol–water partition coefficient (Wildman–Crippen LogP) is 2.04. The van der Waals surface area contributed by atoms with Crippen molar-refractivity contribution in [2.45, 2.75) is 18.9 Å². The largest absolute Gasteiger partial charge is 0.346 e. The summed E-state index contributed by atoms with van der Waals surface area (Å²) in [6.45, 7) is 0. The standard InChI is InChI=1S/C14H16N2O3S3/c17-13(11-2-6-22(18,19)9-11)16-12(14-15-3-5-21-14)7-10-1-4-20-8-10/h1,3-5,8,11-12H,2,6-7,9H2,(H,16,17)/t11-,12+/m0/s1. The van der Waals surface area contributed by atoms with Crippen molar-refractivity contribution in [3.63, 3.8) is 0 Å². The van der Waals surface area contributed by atoms with Gasteiger partial charge in [-0.1, -0.05) is 0 Å². The lowest BCUT2D eigenvalue weighted by Crippen LogP contribution is -2.35. The number of nitrogens with zero attached hydrogens (tertiary/aromatic N) is 1. The smallest absolute Gasteiger partial charge is 0.224 e. The van der Waals surface area contributed by atoms with Crippen molar-refractivity contribution in [1.82, 2.24) is 10.3 Å². The zero-order valence-corrected chi connectivity index (χ0v) is 14.2. The average molecular weight is 356 g/mol. The Morgan fingerprint density at radius 2 is 2.32 bits per heavy atom. The Morgan fingerprint density at radius 1 is 1.45 bits per heavy atom. The van der Waals surface area contributed by atoms with Gasteiger partial charge in [-0.3, -0.25) is 4.79 Å². The van der Waals surface area contributed by atoms with Crippen molar-refractivity contribution in [1.29, 1.82) is 0 Å². The molecule has 5 nitrogen and oxygen atoms in total. The molecular weight excluding hydrogens is 340 g/mol. The number of nitrogens with one attached hydrogen (secondary N) is 1. The van der Waals surface area contributed by atoms with Crippen LogP contribution in [0, 0.1) is 5.92 Å². The molecule has 1 aliphatic heterocycles. The van der Waals surface area contributed by atoms with Crippen LogP contribution in [0.25, 0.3) is 0 Å². The number of thiophene rings is 1. The summed E-state index contributed by atoms with van der Waals surface area (Å²) in [5, 5.41) is 9.76. The third kappa shape index (κ3) is 3.74. The van der Waals surface area contributed by atoms with Crippen LogP contribution in [0.4, 0.5) is 0 Å². The maximum absolute atomic E-state index is 12.4. The van der Waals surface area contributed by atoms with Crippen LogP contribution in [0.1, 0.15) is 23.0 Å². The summed E-state index contributed by atoms with van der Waals surface area (Å²) in [4.78, 5) is 16.7. The molecule has 1 N–H and O–H groups in total. The summed E-state index contributed by atoms with van der Waals surface area (Å²) in [5.41, 5.74) is 1.14. The fourth-order valence-electron chi connectivity index (χ4n) is 2.54. The number of amides is 1. The number of hydrogen-bond acceptors (Lipinski definition) is 6. The van der Waals surface area contributed by atoms with Crippen molar-refractivity contribution >= 4 is 38.4 Å². The van der Waals surface area contributed by atoms with E-state index in [4.69, 9.17) is 0 Å². The molecule has 0 saturated carbocycles. The molecule has 0 aromatic carbocycles. The molecule has 1 aliphatic rings. The molecule has 2 aromatic rings. The number of hydrogen-bond donors (Lipinski definition) is 1. The predicted molar refractivity (Wildman–Crippen MR) is 87.8 cm³/mol. The second kappa shape index (κ2) is 6.47. The van der Waals surface area contributed by atoms with Gasteiger partial charge in [-0.05, 0) is 28.8 Å². The van der Waals surface area contributed by atoms with Gasteiger partial charge in [-0.15, -0.1) is 11.3 Å². The van der Waals surface area contributed by atoms with Crippen LogP contribution in [0.2, 0.25) is 0 Å². The van der Waals surface area contributed by atoms with E-state index < -0.39 is 15.8 Å². The number of thiazole rings is 1. The van der Waals surface area contributed by atoms with Crippen LogP contribution in [-0.4, -0.2) is 30.8 Å². The number of carbonyl (C=O) groups is 1. The van der Waals surface area contributed by atoms with E-state index in [9.17, 15) is 13.2 Å². The summed E-state index contributed by atoms with van der Waals surface area (Å²) in [5.74, 6) is -0.550. The van der Waals surface area contributed by atoms with Gasteiger partial charge < -0.3 is 5.32 Å². The van der Waals surface area contributed by atoms with E-state index in [0.29, 0.717) is 12.8 Å². The first kappa shape index (κ1) is 15.6. The van der Waals surface area contributed by atoms with Crippen LogP contribution in [0.15, 0.2) is 28.4 Å². The van der Waals surface area contributed by atoms with Gasteiger partial charge >= 0.3 is 0 Å². The molecule has 2 atom stereocenters. The van der Waals surface area contributed by atoms with Gasteiger partial charge in [0.25, 0.3) is 0 Å². The van der Waals surface area contributed by atoms with E-state index >= 15 is 0 Å². The Morgan fingerprint density at radius 3 is 2.91 bits per heavy atom. The van der Waals surface area contributed by atoms with Crippen LogP contribution < -0.4 is 5.32 Å². The van der Waals surface area contributed by atoms with Gasteiger partial charge in [0.1, 0.15) is 5.01 Å². The number of aromatic nitrogens is 1. The quantitative estimate of drug-likeness (QED) is 0.889. The highest BCUT2D eigenvalue weighted by Gasteiger charge is 2.34. The van der Waals surface area contributed by atoms with Crippen LogP contribution in [0.3, 0.4) is 0 Å². The van der Waals surface area contributed by atoms with Crippen molar-refractivity contribution < 1.29 is 13.2 Å². The molecule has 0 aliphatic carbocycles. The molecule has 1 fully saturated rings. The van der Waals surface area contributed by atoms with Crippen molar-refractivity contribution in [3.05, 3.63) is 39.0 Å². The minimum Gasteiger partial charge on any atom is -0.346 e. The van der Waals surface area contributed by atoms with Crippen LogP contribution in [0.5, 0.6) is 0 Å². The number of rotatable bonds is 5. The van der Waals surface area contributed by atoms with E-state index in [-0.39, 0.29) is 23.5 Å². The summed E-state index contributed by atoms with van der Waals surface area (Å²) in [6, 6.07) is 1.82. The Hall–Kier alpha value is -1.25. The van der Waals surface area contributed by atoms with E-state index in [0.717, 1.165) is 10.6 Å². The van der Waals surface area contributed by atoms with Crippen LogP contribution in [-0.2, 0) is 21.1 Å². The molecule has 118 valence electrons. The van der Waals surface area contributed by atoms with Crippen molar-refractivity contribution in [2.24, 2.45) is 5.92 Å². The fourth-order valence-corrected chi connectivity index (χ4v) is 5.65. The summed E-state index contributed by atoms with van der Waals surface area (Å²) < 4.78 is 23.1. The third-order valence-electron chi connectivity index (χ3n) is 3.69. The maximum Gasteiger partial charge on any atom is 0.224 e. The van der Waals surface area contributed by atoms with E-state index in [1.807, 2.05) is 22.2 Å². The lowest BCUT2D eigenvalue weighted by atomic mass is 10.1. The first-order valence-corrected chi connectivity index (χ1v) is 10.6. The molecule has 1 amide bonds. The first-order valence-electron chi connectivity index (χ1n) is 6.95. The molecule has 0 radical (unpaired) electrons. The molecule has 22 heavy (non-hydrogen) atoms. The Labute approximate surface area is 137 Å². The highest BCUT2D eigenvalue weighted by Crippen LogP contribution is 2.24. The van der Waals surface area contributed by atoms with Gasteiger partial charge in [-0.25, -0.2) is 13.4 Å². The van der Waals surface area contributed by atoms with Crippen LogP contribution >= 0.6 is 22.7 Å². The highest BCUT2D eigenvalue weighted by atomic mass is 32.2. The average Bonchev–Trinajstić information content (AvgIpc) is 3.18. The second-order valence-corrected chi connectivity index (χ2v) is 9.30. The molecule has 3 heterocycles. The van der Waals surface area contributed by atoms with E-state index in [1.165, 1.54) is 11.3 Å². The minimum atomic E-state index is -3.05. The van der Waals surface area contributed by atoms with E-state index in [1.54, 1.807) is 17.5 Å². The monoisotopic (exact) mass is 356 g/mol. The lowest BCUT2D eigenvalue weighted by molar-refractivity contribution is -0.125. The number of carbonyl (C=O) groups excluding carboxylic acids is 1. The zero-order valence-electron chi connectivity index (χ0n) is 11.8. The normalized spacial score (nSPS) is 21.5. The number of sulfone groups is 1. The van der Waals surface area contributed by atoms with Crippen molar-refractivity contribution in [2.75, 3.05) is 11.5 Å². The fraction of sp³-hybridized carbons (Fsp3) is 0.429. The Balaban J connectivity index is 1.71. The molecule has 0 spiro atoms. The molecule has 2 aromatic heterocycles. The molecule has 1 saturated heterocycles.